The summed E-state index contributed by atoms with van der Waals surface area (Å²) in [4.78, 5) is 12.3. The van der Waals surface area contributed by atoms with Gasteiger partial charge in [-0.3, -0.25) is 4.79 Å². The Morgan fingerprint density at radius 2 is 2.00 bits per heavy atom. The maximum Gasteiger partial charge on any atom is 0.262 e. The van der Waals surface area contributed by atoms with Crippen LogP contribution in [0.3, 0.4) is 0 Å². The number of amides is 1. The number of benzene rings is 2. The van der Waals surface area contributed by atoms with Gasteiger partial charge in [-0.25, -0.2) is 4.39 Å². The Bertz CT molecular complexity index is 1070. The van der Waals surface area contributed by atoms with Gasteiger partial charge in [-0.1, -0.05) is 18.2 Å². The van der Waals surface area contributed by atoms with Crippen molar-refractivity contribution in [2.24, 2.45) is 0 Å². The second-order valence-corrected chi connectivity index (χ2v) is 6.26. The molecule has 1 aromatic heterocycles. The highest BCUT2D eigenvalue weighted by atomic mass is 19.1. The summed E-state index contributed by atoms with van der Waals surface area (Å²) in [6, 6.07) is 16.4. The molecule has 0 spiro atoms. The molecule has 1 amide bonds. The predicted octanol–water partition coefficient (Wildman–Crippen LogP) is 4.23. The van der Waals surface area contributed by atoms with E-state index in [0.29, 0.717) is 22.8 Å². The molecule has 6 nitrogen and oxygen atoms in total. The first-order valence-corrected chi connectivity index (χ1v) is 9.06. The summed E-state index contributed by atoms with van der Waals surface area (Å²) in [6.07, 6.45) is 2.97. The van der Waals surface area contributed by atoms with E-state index in [0.717, 1.165) is 5.56 Å². The molecule has 0 saturated carbocycles. The minimum atomic E-state index is -0.510. The number of nitriles is 1. The van der Waals surface area contributed by atoms with Gasteiger partial charge in [0.15, 0.2) is 11.5 Å². The second-order valence-electron chi connectivity index (χ2n) is 6.26. The minimum absolute atomic E-state index is 0.0522. The fourth-order valence-corrected chi connectivity index (χ4v) is 2.63. The number of carbonyl (C=O) groups is 1. The first-order valence-electron chi connectivity index (χ1n) is 9.06. The lowest BCUT2D eigenvalue weighted by molar-refractivity contribution is -0.117. The van der Waals surface area contributed by atoms with Gasteiger partial charge in [0.05, 0.1) is 19.9 Å². The highest BCUT2D eigenvalue weighted by Gasteiger charge is 2.11. The van der Waals surface area contributed by atoms with Crippen molar-refractivity contribution in [2.45, 2.75) is 13.2 Å². The highest BCUT2D eigenvalue weighted by molar-refractivity contribution is 6.01. The monoisotopic (exact) mass is 406 g/mol. The van der Waals surface area contributed by atoms with Crippen LogP contribution >= 0.6 is 0 Å². The Morgan fingerprint density at radius 1 is 1.20 bits per heavy atom. The van der Waals surface area contributed by atoms with Crippen LogP contribution in [0.1, 0.15) is 16.9 Å². The zero-order chi connectivity index (χ0) is 21.3. The normalized spacial score (nSPS) is 10.9. The molecule has 0 atom stereocenters. The molecule has 7 heteroatoms. The number of hydrogen-bond donors (Lipinski definition) is 1. The quantitative estimate of drug-likeness (QED) is 0.447. The van der Waals surface area contributed by atoms with Crippen molar-refractivity contribution in [3.8, 4) is 17.6 Å². The number of furan rings is 1. The van der Waals surface area contributed by atoms with Crippen molar-refractivity contribution in [1.82, 2.24) is 5.32 Å². The second kappa shape index (κ2) is 9.94. The van der Waals surface area contributed by atoms with Gasteiger partial charge in [0, 0.05) is 0 Å². The van der Waals surface area contributed by atoms with E-state index in [9.17, 15) is 14.4 Å². The van der Waals surface area contributed by atoms with Crippen LogP contribution in [0, 0.1) is 17.1 Å². The number of carbonyl (C=O) groups excluding carboxylic acids is 1. The molecule has 0 unspecified atom stereocenters. The van der Waals surface area contributed by atoms with Gasteiger partial charge in [-0.2, -0.15) is 5.26 Å². The van der Waals surface area contributed by atoms with E-state index in [2.05, 4.69) is 5.32 Å². The average molecular weight is 406 g/mol. The number of hydrogen-bond acceptors (Lipinski definition) is 5. The third-order valence-electron chi connectivity index (χ3n) is 4.17. The number of methoxy groups -OCH3 is 1. The standard InChI is InChI=1S/C23H19FN2O4/c1-28-22-12-17(6-9-21(22)30-15-16-4-7-19(24)8-5-16)11-18(13-25)23(27)26-14-20-3-2-10-29-20/h2-12H,14-15H2,1H3,(H,26,27)/b18-11+. The largest absolute Gasteiger partial charge is 0.493 e. The molecule has 152 valence electrons. The maximum absolute atomic E-state index is 13.0. The molecular formula is C23H19FN2O4. The van der Waals surface area contributed by atoms with Gasteiger partial charge in [0.25, 0.3) is 5.91 Å². The Hall–Kier alpha value is -4.05. The van der Waals surface area contributed by atoms with E-state index in [1.807, 2.05) is 6.07 Å². The molecule has 2 aromatic carbocycles. The van der Waals surface area contributed by atoms with Crippen molar-refractivity contribution in [2.75, 3.05) is 7.11 Å². The first kappa shape index (κ1) is 20.7. The summed E-state index contributed by atoms with van der Waals surface area (Å²) < 4.78 is 29.3. The van der Waals surface area contributed by atoms with Crippen LogP contribution in [0.15, 0.2) is 70.9 Å². The maximum atomic E-state index is 13.0. The first-order chi connectivity index (χ1) is 14.6. The summed E-state index contributed by atoms with van der Waals surface area (Å²) in [5.41, 5.74) is 1.36. The Labute approximate surface area is 173 Å². The predicted molar refractivity (Wildman–Crippen MR) is 108 cm³/mol. The Morgan fingerprint density at radius 3 is 2.67 bits per heavy atom. The molecule has 0 aliphatic carbocycles. The molecule has 1 N–H and O–H groups in total. The van der Waals surface area contributed by atoms with Crippen molar-refractivity contribution in [3.05, 3.63) is 89.1 Å². The topological polar surface area (TPSA) is 84.5 Å². The van der Waals surface area contributed by atoms with E-state index in [1.54, 1.807) is 42.5 Å². The number of nitrogens with one attached hydrogen (secondary N) is 1. The number of halogens is 1. The van der Waals surface area contributed by atoms with Crippen LogP contribution in [0.5, 0.6) is 11.5 Å². The van der Waals surface area contributed by atoms with E-state index < -0.39 is 5.91 Å². The Balaban J connectivity index is 1.69. The zero-order valence-electron chi connectivity index (χ0n) is 16.2. The number of ether oxygens (including phenoxy) is 2. The van der Waals surface area contributed by atoms with Crippen LogP contribution < -0.4 is 14.8 Å². The molecular weight excluding hydrogens is 387 g/mol. The van der Waals surface area contributed by atoms with Gasteiger partial charge in [-0.15, -0.1) is 0 Å². The molecule has 0 radical (unpaired) electrons. The van der Waals surface area contributed by atoms with E-state index >= 15 is 0 Å². The van der Waals surface area contributed by atoms with Gasteiger partial charge in [-0.05, 0) is 53.6 Å². The molecule has 3 aromatic rings. The van der Waals surface area contributed by atoms with Crippen molar-refractivity contribution in [3.63, 3.8) is 0 Å². The van der Waals surface area contributed by atoms with Crippen LogP contribution in [0.25, 0.3) is 6.08 Å². The lowest BCUT2D eigenvalue weighted by Crippen LogP contribution is -2.23. The van der Waals surface area contributed by atoms with Crippen LogP contribution in [-0.4, -0.2) is 13.0 Å². The highest BCUT2D eigenvalue weighted by Crippen LogP contribution is 2.29. The van der Waals surface area contributed by atoms with Gasteiger partial charge in [0.1, 0.15) is 29.8 Å². The fourth-order valence-electron chi connectivity index (χ4n) is 2.63. The summed E-state index contributed by atoms with van der Waals surface area (Å²) in [5, 5.41) is 12.0. The summed E-state index contributed by atoms with van der Waals surface area (Å²) in [6.45, 7) is 0.425. The fraction of sp³-hybridized carbons (Fsp3) is 0.130. The molecule has 0 aliphatic heterocycles. The van der Waals surface area contributed by atoms with Gasteiger partial charge >= 0.3 is 0 Å². The number of nitrogens with zero attached hydrogens (tertiary/aromatic N) is 1. The number of rotatable bonds is 8. The third kappa shape index (κ3) is 5.49. The van der Waals surface area contributed by atoms with Crippen LogP contribution in [0.4, 0.5) is 4.39 Å². The lowest BCUT2D eigenvalue weighted by Gasteiger charge is -2.11. The van der Waals surface area contributed by atoms with Crippen LogP contribution in [0.2, 0.25) is 0 Å². The third-order valence-corrected chi connectivity index (χ3v) is 4.17. The van der Waals surface area contributed by atoms with Gasteiger partial charge in [0.2, 0.25) is 0 Å². The average Bonchev–Trinajstić information content (AvgIpc) is 3.29. The van der Waals surface area contributed by atoms with Crippen molar-refractivity contribution >= 4 is 12.0 Å². The Kier molecular flexibility index (Phi) is 6.85. The summed E-state index contributed by atoms with van der Waals surface area (Å²) in [7, 11) is 1.49. The molecule has 3 rings (SSSR count). The SMILES string of the molecule is COc1cc(/C=C(\C#N)C(=O)NCc2ccco2)ccc1OCc1ccc(F)cc1. The van der Waals surface area contributed by atoms with Gasteiger partial charge < -0.3 is 19.2 Å². The van der Waals surface area contributed by atoms with E-state index in [1.165, 1.54) is 31.6 Å². The van der Waals surface area contributed by atoms with Crippen molar-refractivity contribution in [1.29, 1.82) is 5.26 Å². The van der Waals surface area contributed by atoms with E-state index in [-0.39, 0.29) is 24.5 Å². The zero-order valence-corrected chi connectivity index (χ0v) is 16.2. The molecule has 0 fully saturated rings. The van der Waals surface area contributed by atoms with Crippen LogP contribution in [-0.2, 0) is 17.9 Å². The molecule has 0 saturated heterocycles. The summed E-state index contributed by atoms with van der Waals surface area (Å²) >= 11 is 0. The van der Waals surface area contributed by atoms with E-state index in [4.69, 9.17) is 13.9 Å². The molecule has 0 bridgehead atoms. The summed E-state index contributed by atoms with van der Waals surface area (Å²) in [5.74, 6) is 0.697. The minimum Gasteiger partial charge on any atom is -0.493 e. The molecule has 30 heavy (non-hydrogen) atoms. The lowest BCUT2D eigenvalue weighted by atomic mass is 10.1. The van der Waals surface area contributed by atoms with Crippen molar-refractivity contribution < 1.29 is 23.1 Å². The molecule has 1 heterocycles. The smallest absolute Gasteiger partial charge is 0.262 e. The molecule has 0 aliphatic rings.